The maximum atomic E-state index is 6.19. The summed E-state index contributed by atoms with van der Waals surface area (Å²) in [4.78, 5) is 6.91. The van der Waals surface area contributed by atoms with Crippen LogP contribution in [-0.2, 0) is 0 Å². The third kappa shape index (κ3) is 1.60. The minimum Gasteiger partial charge on any atom is -0.364 e. The van der Waals surface area contributed by atoms with Crippen molar-refractivity contribution in [2.75, 3.05) is 24.5 Å². The molecular formula is C12H14ClN3. The van der Waals surface area contributed by atoms with E-state index >= 15 is 0 Å². The van der Waals surface area contributed by atoms with Crippen LogP contribution in [0.25, 0.3) is 0 Å². The molecule has 16 heavy (non-hydrogen) atoms. The number of hydrogen-bond donors (Lipinski definition) is 1. The van der Waals surface area contributed by atoms with Crippen molar-refractivity contribution in [2.24, 2.45) is 4.99 Å². The number of halogens is 1. The number of nitrogens with zero attached hydrogens (tertiary/aromatic N) is 2. The van der Waals surface area contributed by atoms with Gasteiger partial charge in [-0.25, -0.2) is 0 Å². The molecule has 2 aliphatic heterocycles. The standard InChI is InChI=1S/C12H14ClN3/c13-10-2-1-3-11-12(10)15-5-4-9-8-14-6-7-16(9)11/h1-3,5,9,14H,4,6-8H2/t9-/m0/s1. The first-order valence-corrected chi connectivity index (χ1v) is 6.02. The Morgan fingerprint density at radius 2 is 2.38 bits per heavy atom. The zero-order chi connectivity index (χ0) is 11.0. The molecule has 0 bridgehead atoms. The lowest BCUT2D eigenvalue weighted by Crippen LogP contribution is -2.51. The number of anilines is 1. The number of piperazine rings is 1. The Balaban J connectivity index is 2.09. The average Bonchev–Trinajstić information content (AvgIpc) is 2.50. The molecule has 84 valence electrons. The quantitative estimate of drug-likeness (QED) is 0.747. The molecule has 0 saturated carbocycles. The van der Waals surface area contributed by atoms with Gasteiger partial charge in [0.05, 0.1) is 10.7 Å². The largest absolute Gasteiger partial charge is 0.364 e. The van der Waals surface area contributed by atoms with Crippen molar-refractivity contribution in [1.82, 2.24) is 5.32 Å². The number of nitrogens with one attached hydrogen (secondary N) is 1. The van der Waals surface area contributed by atoms with Crippen LogP contribution >= 0.6 is 11.6 Å². The Labute approximate surface area is 100 Å². The molecular weight excluding hydrogens is 222 g/mol. The van der Waals surface area contributed by atoms with E-state index < -0.39 is 0 Å². The fraction of sp³-hybridized carbons (Fsp3) is 0.417. The molecule has 2 heterocycles. The van der Waals surface area contributed by atoms with E-state index in [-0.39, 0.29) is 0 Å². The van der Waals surface area contributed by atoms with Crippen LogP contribution in [0.2, 0.25) is 5.02 Å². The second-order valence-electron chi connectivity index (χ2n) is 4.21. The summed E-state index contributed by atoms with van der Waals surface area (Å²) in [7, 11) is 0. The van der Waals surface area contributed by atoms with Crippen molar-refractivity contribution < 1.29 is 0 Å². The topological polar surface area (TPSA) is 27.6 Å². The van der Waals surface area contributed by atoms with Crippen molar-refractivity contribution in [3.05, 3.63) is 23.2 Å². The van der Waals surface area contributed by atoms with E-state index in [9.17, 15) is 0 Å². The molecule has 1 aromatic rings. The predicted octanol–water partition coefficient (Wildman–Crippen LogP) is 2.22. The molecule has 3 nitrogen and oxygen atoms in total. The summed E-state index contributed by atoms with van der Waals surface area (Å²) in [6, 6.07) is 6.53. The number of para-hydroxylation sites is 1. The lowest BCUT2D eigenvalue weighted by molar-refractivity contribution is 0.489. The molecule has 0 aromatic heterocycles. The summed E-state index contributed by atoms with van der Waals surface area (Å²) in [5, 5.41) is 4.16. The minimum absolute atomic E-state index is 0.511. The Morgan fingerprint density at radius 1 is 1.44 bits per heavy atom. The summed E-state index contributed by atoms with van der Waals surface area (Å²) >= 11 is 6.19. The van der Waals surface area contributed by atoms with Gasteiger partial charge in [0.15, 0.2) is 0 Å². The van der Waals surface area contributed by atoms with Crippen LogP contribution in [0.1, 0.15) is 6.42 Å². The zero-order valence-corrected chi connectivity index (χ0v) is 9.74. The van der Waals surface area contributed by atoms with Crippen LogP contribution in [-0.4, -0.2) is 31.9 Å². The molecule has 0 radical (unpaired) electrons. The van der Waals surface area contributed by atoms with Gasteiger partial charge in [0, 0.05) is 38.3 Å². The number of aliphatic imine (C=N–C) groups is 1. The second-order valence-corrected chi connectivity index (χ2v) is 4.61. The van der Waals surface area contributed by atoms with E-state index in [2.05, 4.69) is 21.3 Å². The van der Waals surface area contributed by atoms with E-state index in [1.807, 2.05) is 18.3 Å². The maximum absolute atomic E-state index is 6.19. The number of hydrogen-bond acceptors (Lipinski definition) is 3. The van der Waals surface area contributed by atoms with Gasteiger partial charge in [-0.3, -0.25) is 4.99 Å². The van der Waals surface area contributed by atoms with Gasteiger partial charge in [0.2, 0.25) is 0 Å². The highest BCUT2D eigenvalue weighted by molar-refractivity contribution is 6.33. The molecule has 1 N–H and O–H groups in total. The molecule has 3 rings (SSSR count). The van der Waals surface area contributed by atoms with Gasteiger partial charge in [-0.05, 0) is 12.1 Å². The van der Waals surface area contributed by atoms with Gasteiger partial charge >= 0.3 is 0 Å². The normalized spacial score (nSPS) is 23.6. The maximum Gasteiger partial charge on any atom is 0.104 e. The molecule has 0 amide bonds. The van der Waals surface area contributed by atoms with Crippen LogP contribution in [0.15, 0.2) is 23.2 Å². The fourth-order valence-electron chi connectivity index (χ4n) is 2.42. The first-order chi connectivity index (χ1) is 7.86. The van der Waals surface area contributed by atoms with Crippen LogP contribution in [0, 0.1) is 0 Å². The molecule has 1 fully saturated rings. The fourth-order valence-corrected chi connectivity index (χ4v) is 2.64. The van der Waals surface area contributed by atoms with Gasteiger partial charge in [-0.2, -0.15) is 0 Å². The third-order valence-electron chi connectivity index (χ3n) is 3.22. The second kappa shape index (κ2) is 4.07. The highest BCUT2D eigenvalue weighted by atomic mass is 35.5. The highest BCUT2D eigenvalue weighted by Gasteiger charge is 2.25. The Morgan fingerprint density at radius 3 is 3.31 bits per heavy atom. The molecule has 1 aromatic carbocycles. The zero-order valence-electron chi connectivity index (χ0n) is 8.99. The van der Waals surface area contributed by atoms with E-state index in [1.165, 1.54) is 5.69 Å². The smallest absolute Gasteiger partial charge is 0.104 e. The van der Waals surface area contributed by atoms with Crippen molar-refractivity contribution in [1.29, 1.82) is 0 Å². The average molecular weight is 236 g/mol. The lowest BCUT2D eigenvalue weighted by atomic mass is 10.1. The third-order valence-corrected chi connectivity index (χ3v) is 3.53. The molecule has 0 aliphatic carbocycles. The molecule has 4 heteroatoms. The van der Waals surface area contributed by atoms with Crippen LogP contribution in [0.3, 0.4) is 0 Å². The Bertz CT molecular complexity index is 430. The number of fused-ring (bicyclic) bond motifs is 3. The molecule has 0 unspecified atom stereocenters. The van der Waals surface area contributed by atoms with Crippen LogP contribution in [0.5, 0.6) is 0 Å². The Hall–Kier alpha value is -1.06. The van der Waals surface area contributed by atoms with Crippen LogP contribution in [0.4, 0.5) is 11.4 Å². The number of benzene rings is 1. The number of rotatable bonds is 0. The first kappa shape index (κ1) is 10.1. The van der Waals surface area contributed by atoms with E-state index in [4.69, 9.17) is 11.6 Å². The summed E-state index contributed by atoms with van der Waals surface area (Å²) in [6.45, 7) is 3.09. The van der Waals surface area contributed by atoms with E-state index in [1.54, 1.807) is 0 Å². The van der Waals surface area contributed by atoms with Gasteiger partial charge in [-0.15, -0.1) is 0 Å². The summed E-state index contributed by atoms with van der Waals surface area (Å²) < 4.78 is 0. The van der Waals surface area contributed by atoms with E-state index in [0.717, 1.165) is 36.8 Å². The van der Waals surface area contributed by atoms with Gasteiger partial charge in [0.1, 0.15) is 5.69 Å². The summed E-state index contributed by atoms with van der Waals surface area (Å²) in [5.41, 5.74) is 2.10. The predicted molar refractivity (Wildman–Crippen MR) is 68.2 cm³/mol. The molecule has 0 spiro atoms. The van der Waals surface area contributed by atoms with Gasteiger partial charge < -0.3 is 10.2 Å². The summed E-state index contributed by atoms with van der Waals surface area (Å²) in [5.74, 6) is 0. The van der Waals surface area contributed by atoms with Crippen molar-refractivity contribution >= 4 is 29.2 Å². The van der Waals surface area contributed by atoms with Crippen LogP contribution < -0.4 is 10.2 Å². The van der Waals surface area contributed by atoms with E-state index in [0.29, 0.717) is 6.04 Å². The molecule has 1 atom stereocenters. The van der Waals surface area contributed by atoms with Crippen molar-refractivity contribution in [3.8, 4) is 0 Å². The van der Waals surface area contributed by atoms with Gasteiger partial charge in [0.25, 0.3) is 0 Å². The SMILES string of the molecule is Clc1cccc2c1N=CC[C@H]1CNCCN21. The molecule has 2 aliphatic rings. The molecule has 1 saturated heterocycles. The first-order valence-electron chi connectivity index (χ1n) is 5.64. The lowest BCUT2D eigenvalue weighted by Gasteiger charge is -2.37. The van der Waals surface area contributed by atoms with Crippen molar-refractivity contribution in [3.63, 3.8) is 0 Å². The Kier molecular flexibility index (Phi) is 2.58. The minimum atomic E-state index is 0.511. The summed E-state index contributed by atoms with van der Waals surface area (Å²) in [6.07, 6.45) is 2.97. The van der Waals surface area contributed by atoms with Gasteiger partial charge in [-0.1, -0.05) is 17.7 Å². The van der Waals surface area contributed by atoms with Crippen molar-refractivity contribution in [2.45, 2.75) is 12.5 Å². The monoisotopic (exact) mass is 235 g/mol. The highest BCUT2D eigenvalue weighted by Crippen LogP contribution is 2.38.